The minimum Gasteiger partial charge on any atom is -0.480 e. The average molecular weight is 277 g/mol. The number of nitrogens with zero attached hydrogens (tertiary/aromatic N) is 2. The highest BCUT2D eigenvalue weighted by Crippen LogP contribution is 2.20. The normalized spacial score (nSPS) is 9.78. The van der Waals surface area contributed by atoms with Crippen LogP contribution in [-0.4, -0.2) is 35.4 Å². The summed E-state index contributed by atoms with van der Waals surface area (Å²) < 4.78 is 7.19. The van der Waals surface area contributed by atoms with Gasteiger partial charge in [0.15, 0.2) is 12.4 Å². The lowest BCUT2D eigenvalue weighted by molar-refractivity contribution is -0.123. The third-order valence-corrected chi connectivity index (χ3v) is 2.49. The van der Waals surface area contributed by atoms with Gasteiger partial charge in [0.2, 0.25) is 0 Å². The van der Waals surface area contributed by atoms with Crippen LogP contribution in [0.2, 0.25) is 0 Å². The van der Waals surface area contributed by atoms with Gasteiger partial charge in [-0.2, -0.15) is 5.10 Å². The third-order valence-electron chi connectivity index (χ3n) is 2.49. The van der Waals surface area contributed by atoms with Crippen LogP contribution in [0.5, 0.6) is 5.75 Å². The molecule has 1 heterocycles. The summed E-state index contributed by atoms with van der Waals surface area (Å²) in [5.74, 6) is 0.544. The lowest BCUT2D eigenvalue weighted by atomic mass is 10.3. The van der Waals surface area contributed by atoms with Crippen molar-refractivity contribution in [3.8, 4) is 5.75 Å². The molecule has 1 rings (SSSR count). The first-order valence-electron chi connectivity index (χ1n) is 5.66. The molecule has 1 amide bonds. The molecule has 0 unspecified atom stereocenters. The smallest absolute Gasteiger partial charge is 0.257 e. The Labute approximate surface area is 113 Å². The van der Waals surface area contributed by atoms with Gasteiger partial charge in [0, 0.05) is 13.6 Å². The van der Waals surface area contributed by atoms with Crippen molar-refractivity contribution in [1.29, 1.82) is 0 Å². The number of hydrogen-bond donors (Lipinski definition) is 2. The number of nitrogens with two attached hydrogens (primary N) is 1. The van der Waals surface area contributed by atoms with E-state index in [9.17, 15) is 4.79 Å². The SMILES string of the molecule is Cc1nn(C)c(C)c1OCC(=O)NCCCN.Cl. The Morgan fingerprint density at radius 3 is 2.67 bits per heavy atom. The number of carbonyl (C=O) groups excluding carboxylic acids is 1. The van der Waals surface area contributed by atoms with Gasteiger partial charge in [-0.1, -0.05) is 0 Å². The van der Waals surface area contributed by atoms with E-state index in [-0.39, 0.29) is 24.9 Å². The van der Waals surface area contributed by atoms with Crippen LogP contribution in [-0.2, 0) is 11.8 Å². The average Bonchev–Trinajstić information content (AvgIpc) is 2.51. The van der Waals surface area contributed by atoms with Gasteiger partial charge in [-0.25, -0.2) is 0 Å². The first kappa shape index (κ1) is 16.7. The topological polar surface area (TPSA) is 82.2 Å². The standard InChI is InChI=1S/C11H20N4O2.ClH/c1-8-11(9(2)15(3)14-8)17-7-10(16)13-6-4-5-12;/h4-7,12H2,1-3H3,(H,13,16);1H. The molecule has 104 valence electrons. The number of aromatic nitrogens is 2. The number of nitrogens with one attached hydrogen (secondary N) is 1. The van der Waals surface area contributed by atoms with E-state index in [1.165, 1.54) is 0 Å². The molecule has 1 aromatic heterocycles. The molecule has 1 aromatic rings. The highest BCUT2D eigenvalue weighted by molar-refractivity contribution is 5.85. The summed E-state index contributed by atoms with van der Waals surface area (Å²) in [6.07, 6.45) is 0.774. The number of amides is 1. The molecular formula is C11H21ClN4O2. The fraction of sp³-hybridized carbons (Fsp3) is 0.636. The monoisotopic (exact) mass is 276 g/mol. The second kappa shape index (κ2) is 7.94. The fourth-order valence-electron chi connectivity index (χ4n) is 1.48. The molecule has 0 saturated carbocycles. The first-order chi connectivity index (χ1) is 8.06. The van der Waals surface area contributed by atoms with Gasteiger partial charge >= 0.3 is 0 Å². The number of ether oxygens (including phenoxy) is 1. The van der Waals surface area contributed by atoms with Crippen molar-refractivity contribution >= 4 is 18.3 Å². The maximum Gasteiger partial charge on any atom is 0.257 e. The largest absolute Gasteiger partial charge is 0.480 e. The molecule has 0 fully saturated rings. The van der Waals surface area contributed by atoms with Crippen molar-refractivity contribution in [2.24, 2.45) is 12.8 Å². The first-order valence-corrected chi connectivity index (χ1v) is 5.66. The molecule has 6 nitrogen and oxygen atoms in total. The third kappa shape index (κ3) is 4.54. The molecule has 7 heteroatoms. The molecule has 0 aliphatic heterocycles. The highest BCUT2D eigenvalue weighted by atomic mass is 35.5. The van der Waals surface area contributed by atoms with Crippen LogP contribution in [0, 0.1) is 13.8 Å². The molecule has 0 spiro atoms. The van der Waals surface area contributed by atoms with Crippen molar-refractivity contribution in [1.82, 2.24) is 15.1 Å². The van der Waals surface area contributed by atoms with E-state index in [2.05, 4.69) is 10.4 Å². The molecule has 18 heavy (non-hydrogen) atoms. The number of carbonyl (C=O) groups is 1. The molecule has 0 radical (unpaired) electrons. The van der Waals surface area contributed by atoms with Gasteiger partial charge in [0.25, 0.3) is 5.91 Å². The van der Waals surface area contributed by atoms with Crippen molar-refractivity contribution in [2.45, 2.75) is 20.3 Å². The number of halogens is 1. The van der Waals surface area contributed by atoms with Crippen LogP contribution >= 0.6 is 12.4 Å². The van der Waals surface area contributed by atoms with Crippen molar-refractivity contribution < 1.29 is 9.53 Å². The molecule has 0 aromatic carbocycles. The maximum absolute atomic E-state index is 11.4. The van der Waals surface area contributed by atoms with Gasteiger partial charge in [0.05, 0.1) is 5.69 Å². The minimum absolute atomic E-state index is 0. The summed E-state index contributed by atoms with van der Waals surface area (Å²) >= 11 is 0. The maximum atomic E-state index is 11.4. The summed E-state index contributed by atoms with van der Waals surface area (Å²) in [5.41, 5.74) is 7.03. The summed E-state index contributed by atoms with van der Waals surface area (Å²) in [7, 11) is 1.84. The Morgan fingerprint density at radius 1 is 1.50 bits per heavy atom. The van der Waals surface area contributed by atoms with Crippen LogP contribution in [0.3, 0.4) is 0 Å². The Kier molecular flexibility index (Phi) is 7.38. The molecule has 0 bridgehead atoms. The molecule has 0 aliphatic carbocycles. The molecule has 3 N–H and O–H groups in total. The number of aryl methyl sites for hydroxylation is 2. The van der Waals surface area contributed by atoms with E-state index >= 15 is 0 Å². The summed E-state index contributed by atoms with van der Waals surface area (Å²) in [5, 5.41) is 6.94. The van der Waals surface area contributed by atoms with Crippen molar-refractivity contribution in [2.75, 3.05) is 19.7 Å². The van der Waals surface area contributed by atoms with E-state index in [1.54, 1.807) is 4.68 Å². The van der Waals surface area contributed by atoms with Crippen LogP contribution in [0.25, 0.3) is 0 Å². The molecule has 0 aliphatic rings. The molecular weight excluding hydrogens is 256 g/mol. The van der Waals surface area contributed by atoms with Crippen LogP contribution in [0.1, 0.15) is 17.8 Å². The second-order valence-electron chi connectivity index (χ2n) is 3.90. The molecule has 0 saturated heterocycles. The van der Waals surface area contributed by atoms with E-state index < -0.39 is 0 Å². The zero-order chi connectivity index (χ0) is 12.8. The van der Waals surface area contributed by atoms with Gasteiger partial charge in [-0.15, -0.1) is 12.4 Å². The lowest BCUT2D eigenvalue weighted by Gasteiger charge is -2.07. The predicted molar refractivity (Wildman–Crippen MR) is 72.1 cm³/mol. The lowest BCUT2D eigenvalue weighted by Crippen LogP contribution is -2.30. The minimum atomic E-state index is -0.138. The van der Waals surface area contributed by atoms with Gasteiger partial charge < -0.3 is 15.8 Å². The quantitative estimate of drug-likeness (QED) is 0.733. The van der Waals surface area contributed by atoms with Gasteiger partial charge in [0.1, 0.15) is 5.69 Å². The van der Waals surface area contributed by atoms with E-state index in [4.69, 9.17) is 10.5 Å². The van der Waals surface area contributed by atoms with E-state index in [1.807, 2.05) is 20.9 Å². The zero-order valence-electron chi connectivity index (χ0n) is 11.0. The van der Waals surface area contributed by atoms with Gasteiger partial charge in [-0.3, -0.25) is 9.48 Å². The van der Waals surface area contributed by atoms with E-state index in [0.717, 1.165) is 17.8 Å². The van der Waals surface area contributed by atoms with Crippen LogP contribution in [0.4, 0.5) is 0 Å². The molecule has 0 atom stereocenters. The fourth-order valence-corrected chi connectivity index (χ4v) is 1.48. The summed E-state index contributed by atoms with van der Waals surface area (Å²) in [6.45, 7) is 4.93. The van der Waals surface area contributed by atoms with Crippen molar-refractivity contribution in [3.63, 3.8) is 0 Å². The van der Waals surface area contributed by atoms with Crippen LogP contribution < -0.4 is 15.8 Å². The predicted octanol–water partition coefficient (Wildman–Crippen LogP) is 0.303. The van der Waals surface area contributed by atoms with Crippen molar-refractivity contribution in [3.05, 3.63) is 11.4 Å². The Bertz CT molecular complexity index is 393. The number of hydrogen-bond acceptors (Lipinski definition) is 4. The second-order valence-corrected chi connectivity index (χ2v) is 3.90. The summed E-state index contributed by atoms with van der Waals surface area (Å²) in [6, 6.07) is 0. The Balaban J connectivity index is 0.00000289. The summed E-state index contributed by atoms with van der Waals surface area (Å²) in [4.78, 5) is 11.4. The number of rotatable bonds is 6. The van der Waals surface area contributed by atoms with Crippen LogP contribution in [0.15, 0.2) is 0 Å². The zero-order valence-corrected chi connectivity index (χ0v) is 11.8. The Morgan fingerprint density at radius 2 is 2.17 bits per heavy atom. The van der Waals surface area contributed by atoms with Gasteiger partial charge in [-0.05, 0) is 26.8 Å². The highest BCUT2D eigenvalue weighted by Gasteiger charge is 2.12. The van der Waals surface area contributed by atoms with E-state index in [0.29, 0.717) is 18.8 Å². The Hall–Kier alpha value is -1.27.